The zero-order valence-electron chi connectivity index (χ0n) is 12.5. The molecule has 0 spiro atoms. The van der Waals surface area contributed by atoms with Gasteiger partial charge < -0.3 is 4.74 Å². The Morgan fingerprint density at radius 2 is 1.43 bits per heavy atom. The maximum atomic E-state index is 13.1. The molecule has 2 atom stereocenters. The average Bonchev–Trinajstić information content (AvgIpc) is 2.58. The highest BCUT2D eigenvalue weighted by atomic mass is 35.5. The summed E-state index contributed by atoms with van der Waals surface area (Å²) in [5, 5.41) is 1.32. The fourth-order valence-electron chi connectivity index (χ4n) is 4.02. The van der Waals surface area contributed by atoms with E-state index in [1.54, 1.807) is 0 Å². The van der Waals surface area contributed by atoms with E-state index in [0.29, 0.717) is 16.7 Å². The highest BCUT2D eigenvalue weighted by molar-refractivity contribution is 6.30. The molecule has 0 radical (unpaired) electrons. The summed E-state index contributed by atoms with van der Waals surface area (Å²) in [6.07, 6.45) is 1.75. The van der Waals surface area contributed by atoms with Gasteiger partial charge in [-0.15, -0.1) is 0 Å². The van der Waals surface area contributed by atoms with Gasteiger partial charge in [-0.05, 0) is 48.2 Å². The van der Waals surface area contributed by atoms with Crippen molar-refractivity contribution in [1.82, 2.24) is 0 Å². The van der Waals surface area contributed by atoms with Crippen LogP contribution >= 0.6 is 23.2 Å². The Morgan fingerprint density at radius 1 is 0.913 bits per heavy atom. The van der Waals surface area contributed by atoms with Crippen LogP contribution in [0.25, 0.3) is 0 Å². The van der Waals surface area contributed by atoms with Crippen molar-refractivity contribution in [3.8, 4) is 0 Å². The first-order chi connectivity index (χ1) is 11.1. The van der Waals surface area contributed by atoms with Crippen molar-refractivity contribution < 1.29 is 9.53 Å². The molecule has 0 N–H and O–H groups in total. The normalized spacial score (nSPS) is 25.6. The smallest absolute Gasteiger partial charge is 0.156 e. The first kappa shape index (κ1) is 15.2. The van der Waals surface area contributed by atoms with Crippen molar-refractivity contribution in [3.63, 3.8) is 0 Å². The van der Waals surface area contributed by atoms with Gasteiger partial charge in [0.15, 0.2) is 5.78 Å². The van der Waals surface area contributed by atoms with Crippen molar-refractivity contribution in [2.75, 3.05) is 6.61 Å². The molecule has 4 heteroatoms. The summed E-state index contributed by atoms with van der Waals surface area (Å²) in [5.74, 6) is 0.238. The van der Waals surface area contributed by atoms with Crippen molar-refractivity contribution in [2.24, 2.45) is 5.92 Å². The molecular weight excluding hydrogens is 331 g/mol. The highest BCUT2D eigenvalue weighted by Gasteiger charge is 2.64. The van der Waals surface area contributed by atoms with Gasteiger partial charge in [0, 0.05) is 22.6 Å². The maximum absolute atomic E-state index is 13.1. The van der Waals surface area contributed by atoms with E-state index in [4.69, 9.17) is 27.9 Å². The molecule has 2 aromatic rings. The summed E-state index contributed by atoms with van der Waals surface area (Å²) in [4.78, 5) is 13.1. The lowest BCUT2D eigenvalue weighted by atomic mass is 9.50. The van der Waals surface area contributed by atoms with Crippen LogP contribution < -0.4 is 0 Å². The number of hydrogen-bond acceptors (Lipinski definition) is 2. The van der Waals surface area contributed by atoms with Crippen molar-refractivity contribution in [1.29, 1.82) is 0 Å². The Hall–Kier alpha value is -1.35. The van der Waals surface area contributed by atoms with Crippen LogP contribution in [0.2, 0.25) is 10.0 Å². The summed E-state index contributed by atoms with van der Waals surface area (Å²) < 4.78 is 6.05. The minimum absolute atomic E-state index is 0.00453. The Labute approximate surface area is 145 Å². The second-order valence-corrected chi connectivity index (χ2v) is 7.10. The van der Waals surface area contributed by atoms with E-state index in [2.05, 4.69) is 0 Å². The zero-order chi connectivity index (χ0) is 16.0. The number of ketones is 1. The van der Waals surface area contributed by atoms with E-state index in [0.717, 1.165) is 24.0 Å². The number of carbonyl (C=O) groups excluding carboxylic acids is 1. The van der Waals surface area contributed by atoms with Crippen LogP contribution in [0.4, 0.5) is 0 Å². The van der Waals surface area contributed by atoms with Crippen molar-refractivity contribution >= 4 is 29.0 Å². The standard InChI is InChI=1S/C19H16Cl2O2/c20-14-7-3-12(4-8-14)19(13-5-9-15(21)10-6-13)17(22)16-2-1-11-23-18(16)19/h3-10,16,18H,1-2,11H2. The first-order valence-corrected chi connectivity index (χ1v) is 8.57. The van der Waals surface area contributed by atoms with E-state index >= 15 is 0 Å². The van der Waals surface area contributed by atoms with Gasteiger partial charge in [-0.25, -0.2) is 0 Å². The molecule has 1 aliphatic heterocycles. The maximum Gasteiger partial charge on any atom is 0.156 e. The molecule has 2 fully saturated rings. The van der Waals surface area contributed by atoms with Gasteiger partial charge in [-0.1, -0.05) is 47.5 Å². The third-order valence-electron chi connectivity index (χ3n) is 5.07. The molecule has 0 amide bonds. The Morgan fingerprint density at radius 3 is 1.96 bits per heavy atom. The summed E-state index contributed by atoms with van der Waals surface area (Å²) in [6, 6.07) is 15.1. The summed E-state index contributed by atoms with van der Waals surface area (Å²) >= 11 is 12.1. The third kappa shape index (κ3) is 2.16. The molecule has 1 saturated carbocycles. The number of rotatable bonds is 2. The topological polar surface area (TPSA) is 26.3 Å². The van der Waals surface area contributed by atoms with Gasteiger partial charge >= 0.3 is 0 Å². The van der Waals surface area contributed by atoms with Crippen LogP contribution in [0.5, 0.6) is 0 Å². The molecular formula is C19H16Cl2O2. The van der Waals surface area contributed by atoms with Gasteiger partial charge in [0.25, 0.3) is 0 Å². The van der Waals surface area contributed by atoms with Crippen molar-refractivity contribution in [3.05, 3.63) is 69.7 Å². The van der Waals surface area contributed by atoms with E-state index in [9.17, 15) is 4.79 Å². The van der Waals surface area contributed by atoms with E-state index in [-0.39, 0.29) is 17.8 Å². The molecule has 2 unspecified atom stereocenters. The second kappa shape index (κ2) is 5.62. The second-order valence-electron chi connectivity index (χ2n) is 6.23. The monoisotopic (exact) mass is 346 g/mol. The highest BCUT2D eigenvalue weighted by Crippen LogP contribution is 2.54. The number of hydrogen-bond donors (Lipinski definition) is 0. The summed E-state index contributed by atoms with van der Waals surface area (Å²) in [7, 11) is 0. The number of benzene rings is 2. The van der Waals surface area contributed by atoms with Crippen LogP contribution in [-0.4, -0.2) is 18.5 Å². The summed E-state index contributed by atoms with van der Waals surface area (Å²) in [6.45, 7) is 0.706. The van der Waals surface area contributed by atoms with E-state index in [1.165, 1.54) is 0 Å². The summed E-state index contributed by atoms with van der Waals surface area (Å²) in [5.41, 5.74) is 1.15. The SMILES string of the molecule is O=C1C2CCCOC2C1(c1ccc(Cl)cc1)c1ccc(Cl)cc1. The molecule has 118 valence electrons. The first-order valence-electron chi connectivity index (χ1n) is 7.82. The van der Waals surface area contributed by atoms with Crippen LogP contribution in [0, 0.1) is 5.92 Å². The lowest BCUT2D eigenvalue weighted by molar-refractivity contribution is -0.169. The van der Waals surface area contributed by atoms with Crippen LogP contribution in [0.3, 0.4) is 0 Å². The number of ether oxygens (including phenoxy) is 1. The molecule has 1 saturated heterocycles. The van der Waals surface area contributed by atoms with E-state index in [1.807, 2.05) is 48.5 Å². The van der Waals surface area contributed by atoms with Gasteiger partial charge in [-0.3, -0.25) is 4.79 Å². The van der Waals surface area contributed by atoms with E-state index < -0.39 is 5.41 Å². The fourth-order valence-corrected chi connectivity index (χ4v) is 4.27. The fraction of sp³-hybridized carbons (Fsp3) is 0.316. The van der Waals surface area contributed by atoms with Crippen molar-refractivity contribution in [2.45, 2.75) is 24.4 Å². The van der Waals surface area contributed by atoms with Gasteiger partial charge in [0.05, 0.1) is 6.10 Å². The number of fused-ring (bicyclic) bond motifs is 1. The Balaban J connectivity index is 1.89. The van der Waals surface area contributed by atoms with Gasteiger partial charge in [0.2, 0.25) is 0 Å². The van der Waals surface area contributed by atoms with Crippen LogP contribution in [0.15, 0.2) is 48.5 Å². The molecule has 0 bridgehead atoms. The molecule has 4 rings (SSSR count). The van der Waals surface area contributed by atoms with Gasteiger partial charge in [-0.2, -0.15) is 0 Å². The lowest BCUT2D eigenvalue weighted by Crippen LogP contribution is -2.67. The quantitative estimate of drug-likeness (QED) is 0.790. The Kier molecular flexibility index (Phi) is 3.72. The molecule has 2 nitrogen and oxygen atoms in total. The molecule has 2 aromatic carbocycles. The molecule has 0 aromatic heterocycles. The molecule has 1 aliphatic carbocycles. The predicted octanol–water partition coefficient (Wildman–Crippen LogP) is 4.66. The number of halogens is 2. The number of Topliss-reactive ketones (excluding diaryl/α,β-unsaturated/α-hetero) is 1. The Bertz CT molecular complexity index is 691. The minimum Gasteiger partial charge on any atom is -0.376 e. The average molecular weight is 347 g/mol. The molecule has 2 aliphatic rings. The molecule has 1 heterocycles. The minimum atomic E-state index is -0.736. The zero-order valence-corrected chi connectivity index (χ0v) is 14.0. The molecule has 23 heavy (non-hydrogen) atoms. The number of carbonyl (C=O) groups is 1. The van der Waals surface area contributed by atoms with Crippen LogP contribution in [-0.2, 0) is 14.9 Å². The van der Waals surface area contributed by atoms with Gasteiger partial charge in [0.1, 0.15) is 5.41 Å². The largest absolute Gasteiger partial charge is 0.376 e. The lowest BCUT2D eigenvalue weighted by Gasteiger charge is -2.55. The third-order valence-corrected chi connectivity index (χ3v) is 5.58. The van der Waals surface area contributed by atoms with Crippen LogP contribution in [0.1, 0.15) is 24.0 Å². The predicted molar refractivity (Wildman–Crippen MR) is 91.2 cm³/mol.